The van der Waals surface area contributed by atoms with Gasteiger partial charge in [0.05, 0.1) is 11.8 Å². The monoisotopic (exact) mass is 492 g/mol. The van der Waals surface area contributed by atoms with E-state index in [1.165, 1.54) is 0 Å². The van der Waals surface area contributed by atoms with Crippen molar-refractivity contribution in [3.63, 3.8) is 0 Å². The second kappa shape index (κ2) is 9.30. The van der Waals surface area contributed by atoms with Crippen LogP contribution in [0.25, 0.3) is 0 Å². The molecule has 8 heteroatoms. The van der Waals surface area contributed by atoms with Crippen LogP contribution in [-0.4, -0.2) is 41.2 Å². The molecule has 2 bridgehead atoms. The van der Waals surface area contributed by atoms with Crippen molar-refractivity contribution in [1.29, 1.82) is 0 Å². The van der Waals surface area contributed by atoms with Gasteiger partial charge in [-0.2, -0.15) is 0 Å². The number of hydrogen-bond donors (Lipinski definition) is 1. The first-order chi connectivity index (χ1) is 16.8. The van der Waals surface area contributed by atoms with Crippen LogP contribution in [0.5, 0.6) is 0 Å². The number of likely N-dealkylation sites (tertiary alicyclic amines) is 1. The number of rotatable bonds is 7. The van der Waals surface area contributed by atoms with Gasteiger partial charge in [-0.3, -0.25) is 19.3 Å². The van der Waals surface area contributed by atoms with Gasteiger partial charge in [-0.25, -0.2) is 4.79 Å². The van der Waals surface area contributed by atoms with Crippen molar-refractivity contribution >= 4 is 41.0 Å². The predicted octanol–water partition coefficient (Wildman–Crippen LogP) is 3.55. The average molecular weight is 493 g/mol. The Morgan fingerprint density at radius 3 is 2.37 bits per heavy atom. The normalized spacial score (nSPS) is 25.0. The number of nitrogens with zero attached hydrogens (tertiary/aromatic N) is 1. The zero-order valence-corrected chi connectivity index (χ0v) is 19.9. The lowest BCUT2D eigenvalue weighted by Crippen LogP contribution is -2.48. The molecule has 3 amide bonds. The fourth-order valence-electron chi connectivity index (χ4n) is 5.50. The first kappa shape index (κ1) is 23.3. The summed E-state index contributed by atoms with van der Waals surface area (Å²) in [5.74, 6) is -2.75. The molecule has 5 atom stereocenters. The Hall–Kier alpha value is -3.45. The number of imide groups is 1. The second-order valence-corrected chi connectivity index (χ2v) is 9.80. The molecule has 2 fully saturated rings. The second-order valence-electron chi connectivity index (χ2n) is 9.37. The lowest BCUT2D eigenvalue weighted by atomic mass is 9.85. The Bertz CT molecular complexity index is 1200. The van der Waals surface area contributed by atoms with E-state index < -0.39 is 36.4 Å². The van der Waals surface area contributed by atoms with Crippen LogP contribution in [0.3, 0.4) is 0 Å². The quantitative estimate of drug-likeness (QED) is 0.362. The van der Waals surface area contributed by atoms with Crippen molar-refractivity contribution in [2.75, 3.05) is 11.9 Å². The van der Waals surface area contributed by atoms with Crippen LogP contribution in [0.1, 0.15) is 17.5 Å². The molecule has 0 radical (unpaired) electrons. The third kappa shape index (κ3) is 4.36. The van der Waals surface area contributed by atoms with Gasteiger partial charge in [0.25, 0.3) is 5.91 Å². The van der Waals surface area contributed by atoms with Gasteiger partial charge in [-0.1, -0.05) is 60.2 Å². The molecule has 35 heavy (non-hydrogen) atoms. The van der Waals surface area contributed by atoms with Gasteiger partial charge in [0.15, 0.2) is 6.61 Å². The molecule has 1 aliphatic heterocycles. The maximum Gasteiger partial charge on any atom is 0.330 e. The van der Waals surface area contributed by atoms with Crippen LogP contribution < -0.4 is 5.32 Å². The minimum atomic E-state index is -1.14. The van der Waals surface area contributed by atoms with Crippen LogP contribution >= 0.6 is 11.6 Å². The van der Waals surface area contributed by atoms with Crippen molar-refractivity contribution in [2.24, 2.45) is 23.7 Å². The highest BCUT2D eigenvalue weighted by Crippen LogP contribution is 2.53. The molecule has 1 saturated carbocycles. The molecule has 0 unspecified atom stereocenters. The fourth-order valence-corrected chi connectivity index (χ4v) is 5.67. The number of aryl methyl sites for hydroxylation is 1. The minimum absolute atomic E-state index is 0.0339. The molecule has 5 rings (SSSR count). The summed E-state index contributed by atoms with van der Waals surface area (Å²) in [6, 6.07) is 13.1. The zero-order chi connectivity index (χ0) is 24.7. The molecule has 7 nitrogen and oxygen atoms in total. The summed E-state index contributed by atoms with van der Waals surface area (Å²) in [6.45, 7) is 1.27. The van der Waals surface area contributed by atoms with E-state index in [4.69, 9.17) is 16.3 Å². The molecular weight excluding hydrogens is 468 g/mol. The smallest absolute Gasteiger partial charge is 0.330 e. The summed E-state index contributed by atoms with van der Waals surface area (Å²) in [5, 5.41) is 3.14. The van der Waals surface area contributed by atoms with Gasteiger partial charge in [-0.15, -0.1) is 0 Å². The summed E-state index contributed by atoms with van der Waals surface area (Å²) in [7, 11) is 0. The topological polar surface area (TPSA) is 92.8 Å². The number of amides is 3. The molecule has 0 spiro atoms. The summed E-state index contributed by atoms with van der Waals surface area (Å²) in [4.78, 5) is 53.5. The number of carbonyl (C=O) groups excluding carboxylic acids is 4. The van der Waals surface area contributed by atoms with Gasteiger partial charge in [-0.05, 0) is 48.4 Å². The summed E-state index contributed by atoms with van der Waals surface area (Å²) in [5.41, 5.74) is 2.10. The van der Waals surface area contributed by atoms with Gasteiger partial charge in [0.1, 0.15) is 6.04 Å². The highest BCUT2D eigenvalue weighted by atomic mass is 35.5. The van der Waals surface area contributed by atoms with Crippen LogP contribution in [0.2, 0.25) is 5.02 Å². The van der Waals surface area contributed by atoms with Crippen molar-refractivity contribution in [2.45, 2.75) is 25.8 Å². The Balaban J connectivity index is 1.32. The Kier molecular flexibility index (Phi) is 6.19. The summed E-state index contributed by atoms with van der Waals surface area (Å²) < 4.78 is 5.34. The molecule has 1 N–H and O–H groups in total. The number of carbonyl (C=O) groups is 4. The molecular formula is C27H25ClN2O5. The van der Waals surface area contributed by atoms with Gasteiger partial charge in [0.2, 0.25) is 11.8 Å². The van der Waals surface area contributed by atoms with E-state index in [0.29, 0.717) is 10.7 Å². The number of allylic oxidation sites excluding steroid dienone is 2. The van der Waals surface area contributed by atoms with Gasteiger partial charge >= 0.3 is 5.97 Å². The molecule has 2 aromatic rings. The maximum atomic E-state index is 13.3. The van der Waals surface area contributed by atoms with Gasteiger partial charge < -0.3 is 10.1 Å². The molecule has 180 valence electrons. The lowest BCUT2D eigenvalue weighted by molar-refractivity contribution is -0.160. The summed E-state index contributed by atoms with van der Waals surface area (Å²) >= 11 is 6.00. The van der Waals surface area contributed by atoms with Crippen LogP contribution in [0.4, 0.5) is 5.69 Å². The highest BCUT2D eigenvalue weighted by molar-refractivity contribution is 6.31. The van der Waals surface area contributed by atoms with E-state index >= 15 is 0 Å². The van der Waals surface area contributed by atoms with E-state index in [9.17, 15) is 19.2 Å². The Labute approximate surface area is 208 Å². The van der Waals surface area contributed by atoms with E-state index in [0.717, 1.165) is 22.4 Å². The van der Waals surface area contributed by atoms with E-state index in [1.807, 2.05) is 49.4 Å². The number of halogens is 1. The lowest BCUT2D eigenvalue weighted by Gasteiger charge is -2.26. The number of esters is 1. The van der Waals surface area contributed by atoms with Crippen molar-refractivity contribution in [3.8, 4) is 0 Å². The van der Waals surface area contributed by atoms with Crippen molar-refractivity contribution in [3.05, 3.63) is 76.8 Å². The number of ether oxygens (including phenoxy) is 1. The number of fused-ring (bicyclic) bond motifs is 5. The molecule has 2 aliphatic carbocycles. The number of benzene rings is 2. The summed E-state index contributed by atoms with van der Waals surface area (Å²) in [6.07, 6.45) is 4.94. The third-order valence-corrected chi connectivity index (χ3v) is 7.41. The van der Waals surface area contributed by atoms with E-state index in [2.05, 4.69) is 5.32 Å². The minimum Gasteiger partial charge on any atom is -0.454 e. The predicted molar refractivity (Wildman–Crippen MR) is 129 cm³/mol. The standard InChI is InChI=1S/C27H25ClN2O5/c1-15-7-10-19(28)13-20(15)29-22(31)14-35-27(34)21(11-16-5-3-2-4-6-16)30-25(32)23-17-8-9-18(12-17)24(23)26(30)33/h2-10,13,17-18,21,23-24H,11-12,14H2,1H3,(H,29,31)/t17-,18-,21+,23-,24+/m0/s1. The Morgan fingerprint density at radius 1 is 1.06 bits per heavy atom. The van der Waals surface area contributed by atoms with Crippen LogP contribution in [-0.2, 0) is 30.3 Å². The SMILES string of the molecule is Cc1ccc(Cl)cc1NC(=O)COC(=O)[C@@H](Cc1ccccc1)N1C(=O)[C@@H]2[C@H](C1=O)[C@H]1C=C[C@H]2C1. The number of anilines is 1. The van der Waals surface area contributed by atoms with Crippen LogP contribution in [0.15, 0.2) is 60.7 Å². The zero-order valence-electron chi connectivity index (χ0n) is 19.1. The van der Waals surface area contributed by atoms with Crippen molar-refractivity contribution < 1.29 is 23.9 Å². The highest BCUT2D eigenvalue weighted by Gasteiger charge is 2.61. The van der Waals surface area contributed by atoms with Gasteiger partial charge in [0, 0.05) is 17.1 Å². The van der Waals surface area contributed by atoms with E-state index in [-0.39, 0.29) is 30.1 Å². The first-order valence-electron chi connectivity index (χ1n) is 11.7. The molecule has 1 heterocycles. The van der Waals surface area contributed by atoms with E-state index in [1.54, 1.807) is 18.2 Å². The average Bonchev–Trinajstić information content (AvgIpc) is 3.53. The van der Waals surface area contributed by atoms with Crippen molar-refractivity contribution in [1.82, 2.24) is 4.90 Å². The number of nitrogens with one attached hydrogen (secondary N) is 1. The Morgan fingerprint density at radius 2 is 1.71 bits per heavy atom. The fraction of sp³-hybridized carbons (Fsp3) is 0.333. The third-order valence-electron chi connectivity index (χ3n) is 7.18. The maximum absolute atomic E-state index is 13.3. The molecule has 2 aromatic carbocycles. The molecule has 3 aliphatic rings. The first-order valence-corrected chi connectivity index (χ1v) is 12.0. The number of hydrogen-bond acceptors (Lipinski definition) is 5. The molecule has 1 saturated heterocycles. The largest absolute Gasteiger partial charge is 0.454 e. The van der Waals surface area contributed by atoms with Crippen LogP contribution in [0, 0.1) is 30.6 Å². The molecule has 0 aromatic heterocycles.